The first-order chi connectivity index (χ1) is 11.0. The van der Waals surface area contributed by atoms with Crippen molar-refractivity contribution >= 4 is 10.0 Å². The lowest BCUT2D eigenvalue weighted by atomic mass is 10.0. The zero-order valence-electron chi connectivity index (χ0n) is 14.0. The second-order valence-corrected chi connectivity index (χ2v) is 8.25. The maximum absolute atomic E-state index is 13.1. The smallest absolute Gasteiger partial charge is 0.243 e. The Morgan fingerprint density at radius 2 is 1.87 bits per heavy atom. The molecule has 2 aliphatic rings. The summed E-state index contributed by atoms with van der Waals surface area (Å²) >= 11 is 0. The third kappa shape index (κ3) is 2.99. The molecule has 2 atom stereocenters. The van der Waals surface area contributed by atoms with E-state index in [-0.39, 0.29) is 18.2 Å². The fourth-order valence-corrected chi connectivity index (χ4v) is 5.87. The third-order valence-corrected chi connectivity index (χ3v) is 6.98. The van der Waals surface area contributed by atoms with Crippen molar-refractivity contribution in [2.45, 2.75) is 62.6 Å². The van der Waals surface area contributed by atoms with Gasteiger partial charge in [0.15, 0.2) is 0 Å². The van der Waals surface area contributed by atoms with Crippen LogP contribution < -0.4 is 4.74 Å². The maximum Gasteiger partial charge on any atom is 0.243 e. The zero-order chi connectivity index (χ0) is 16.6. The molecule has 2 saturated heterocycles. The second-order valence-electron chi connectivity index (χ2n) is 6.41. The molecule has 1 aromatic rings. The van der Waals surface area contributed by atoms with E-state index < -0.39 is 10.0 Å². The number of fused-ring (bicyclic) bond motifs is 2. The molecule has 0 aromatic heterocycles. The molecule has 0 amide bonds. The Bertz CT molecular complexity index is 659. The summed E-state index contributed by atoms with van der Waals surface area (Å²) < 4.78 is 38.9. The first kappa shape index (κ1) is 16.7. The average Bonchev–Trinajstić information content (AvgIpc) is 2.81. The van der Waals surface area contributed by atoms with Gasteiger partial charge in [0.25, 0.3) is 0 Å². The minimum Gasteiger partial charge on any atom is -0.494 e. The molecule has 0 saturated carbocycles. The van der Waals surface area contributed by atoms with Crippen LogP contribution in [0.1, 0.15) is 38.2 Å². The quantitative estimate of drug-likeness (QED) is 0.828. The molecule has 128 valence electrons. The summed E-state index contributed by atoms with van der Waals surface area (Å²) in [5.74, 6) is 0.743. The number of hydrogen-bond acceptors (Lipinski definition) is 4. The van der Waals surface area contributed by atoms with Gasteiger partial charge in [0.05, 0.1) is 17.6 Å². The Hall–Kier alpha value is -1.11. The average molecular weight is 339 g/mol. The van der Waals surface area contributed by atoms with E-state index in [2.05, 4.69) is 0 Å². The van der Waals surface area contributed by atoms with Gasteiger partial charge in [-0.15, -0.1) is 0 Å². The van der Waals surface area contributed by atoms with E-state index in [1.54, 1.807) is 29.6 Å². The Labute approximate surface area is 138 Å². The molecule has 2 fully saturated rings. The van der Waals surface area contributed by atoms with Gasteiger partial charge in [-0.3, -0.25) is 0 Å². The number of sulfonamides is 1. The van der Waals surface area contributed by atoms with Crippen LogP contribution in [0.2, 0.25) is 0 Å². The van der Waals surface area contributed by atoms with Crippen LogP contribution in [-0.2, 0) is 14.8 Å². The lowest BCUT2D eigenvalue weighted by molar-refractivity contribution is 0.0349. The molecule has 0 N–H and O–H groups in total. The van der Waals surface area contributed by atoms with Crippen LogP contribution in [0.15, 0.2) is 23.1 Å². The maximum atomic E-state index is 13.1. The number of methoxy groups -OCH3 is 1. The van der Waals surface area contributed by atoms with Crippen LogP contribution in [0.4, 0.5) is 0 Å². The lowest BCUT2D eigenvalue weighted by Gasteiger charge is -2.37. The predicted molar refractivity (Wildman–Crippen MR) is 88.2 cm³/mol. The van der Waals surface area contributed by atoms with Crippen molar-refractivity contribution in [1.82, 2.24) is 4.31 Å². The lowest BCUT2D eigenvalue weighted by Crippen LogP contribution is -2.48. The predicted octanol–water partition coefficient (Wildman–Crippen LogP) is 2.72. The summed E-state index contributed by atoms with van der Waals surface area (Å²) in [6.45, 7) is 4.37. The highest BCUT2D eigenvalue weighted by atomic mass is 32.2. The third-order valence-electron chi connectivity index (χ3n) is 4.98. The van der Waals surface area contributed by atoms with Gasteiger partial charge in [0.2, 0.25) is 10.0 Å². The molecule has 0 spiro atoms. The molecule has 2 unspecified atom stereocenters. The molecular formula is C17H25NO4S. The molecule has 2 bridgehead atoms. The molecule has 3 rings (SSSR count). The monoisotopic (exact) mass is 339 g/mol. The molecule has 6 heteroatoms. The molecule has 1 aromatic carbocycles. The summed E-state index contributed by atoms with van der Waals surface area (Å²) in [6, 6.07) is 5.28. The van der Waals surface area contributed by atoms with Crippen LogP contribution in [0.25, 0.3) is 0 Å². The highest BCUT2D eigenvalue weighted by Crippen LogP contribution is 2.40. The SMILES string of the molecule is CCOc1ccc(S(=O)(=O)N2C3CCC2CC(OC)C3)cc1C. The fraction of sp³-hybridized carbons (Fsp3) is 0.647. The summed E-state index contributed by atoms with van der Waals surface area (Å²) in [5.41, 5.74) is 0.854. The van der Waals surface area contributed by atoms with Crippen molar-refractivity contribution in [2.75, 3.05) is 13.7 Å². The Morgan fingerprint density at radius 1 is 1.22 bits per heavy atom. The van der Waals surface area contributed by atoms with Gasteiger partial charge in [0.1, 0.15) is 5.75 Å². The largest absolute Gasteiger partial charge is 0.494 e. The van der Waals surface area contributed by atoms with Gasteiger partial charge in [-0.05, 0) is 63.3 Å². The Balaban J connectivity index is 1.89. The van der Waals surface area contributed by atoms with Crippen molar-refractivity contribution in [2.24, 2.45) is 0 Å². The van der Waals surface area contributed by atoms with Crippen molar-refractivity contribution in [3.8, 4) is 5.75 Å². The topological polar surface area (TPSA) is 55.8 Å². The van der Waals surface area contributed by atoms with Crippen molar-refractivity contribution in [3.63, 3.8) is 0 Å². The van der Waals surface area contributed by atoms with Crippen LogP contribution in [0.5, 0.6) is 5.75 Å². The standard InChI is InChI=1S/C17H25NO4S/c1-4-22-17-8-7-16(9-12(17)2)23(19,20)18-13-5-6-14(18)11-15(10-13)21-3/h7-9,13-15H,4-6,10-11H2,1-3H3. The van der Waals surface area contributed by atoms with Crippen molar-refractivity contribution in [3.05, 3.63) is 23.8 Å². The van der Waals surface area contributed by atoms with E-state index in [0.717, 1.165) is 37.0 Å². The van der Waals surface area contributed by atoms with E-state index >= 15 is 0 Å². The summed E-state index contributed by atoms with van der Waals surface area (Å²) in [5, 5.41) is 0. The molecule has 2 heterocycles. The van der Waals surface area contributed by atoms with Crippen LogP contribution in [0.3, 0.4) is 0 Å². The molecule has 5 nitrogen and oxygen atoms in total. The summed E-state index contributed by atoms with van der Waals surface area (Å²) in [6.07, 6.45) is 3.63. The second kappa shape index (κ2) is 6.42. The Morgan fingerprint density at radius 3 is 2.39 bits per heavy atom. The number of piperidine rings is 1. The Kier molecular flexibility index (Phi) is 4.67. The molecule has 0 aliphatic carbocycles. The van der Waals surface area contributed by atoms with Gasteiger partial charge in [-0.25, -0.2) is 8.42 Å². The van der Waals surface area contributed by atoms with E-state index in [4.69, 9.17) is 9.47 Å². The van der Waals surface area contributed by atoms with Crippen molar-refractivity contribution < 1.29 is 17.9 Å². The van der Waals surface area contributed by atoms with Gasteiger partial charge >= 0.3 is 0 Å². The van der Waals surface area contributed by atoms with E-state index in [0.29, 0.717) is 11.5 Å². The van der Waals surface area contributed by atoms with E-state index in [1.807, 2.05) is 13.8 Å². The summed E-state index contributed by atoms with van der Waals surface area (Å²) in [4.78, 5) is 0.367. The number of rotatable bonds is 5. The summed E-state index contributed by atoms with van der Waals surface area (Å²) in [7, 11) is -1.75. The van der Waals surface area contributed by atoms with Crippen LogP contribution >= 0.6 is 0 Å². The minimum atomic E-state index is -3.46. The minimum absolute atomic E-state index is 0.0653. The fourth-order valence-electron chi connectivity index (χ4n) is 3.89. The number of nitrogens with zero attached hydrogens (tertiary/aromatic N) is 1. The van der Waals surface area contributed by atoms with Crippen LogP contribution in [0, 0.1) is 6.92 Å². The molecule has 2 aliphatic heterocycles. The van der Waals surface area contributed by atoms with Gasteiger partial charge in [-0.2, -0.15) is 4.31 Å². The van der Waals surface area contributed by atoms with Gasteiger partial charge in [0, 0.05) is 19.2 Å². The first-order valence-corrected chi connectivity index (χ1v) is 9.71. The zero-order valence-corrected chi connectivity index (χ0v) is 14.8. The van der Waals surface area contributed by atoms with E-state index in [9.17, 15) is 8.42 Å². The van der Waals surface area contributed by atoms with Crippen LogP contribution in [-0.4, -0.2) is 44.6 Å². The highest BCUT2D eigenvalue weighted by Gasteiger charge is 2.47. The highest BCUT2D eigenvalue weighted by molar-refractivity contribution is 7.89. The number of ether oxygens (including phenoxy) is 2. The van der Waals surface area contributed by atoms with Gasteiger partial charge in [-0.1, -0.05) is 0 Å². The number of hydrogen-bond donors (Lipinski definition) is 0. The first-order valence-electron chi connectivity index (χ1n) is 8.27. The molecular weight excluding hydrogens is 314 g/mol. The number of aryl methyl sites for hydroxylation is 1. The van der Waals surface area contributed by atoms with Gasteiger partial charge < -0.3 is 9.47 Å². The molecule has 23 heavy (non-hydrogen) atoms. The van der Waals surface area contributed by atoms with Crippen molar-refractivity contribution in [1.29, 1.82) is 0 Å². The number of benzene rings is 1. The van der Waals surface area contributed by atoms with E-state index in [1.165, 1.54) is 0 Å². The molecule has 0 radical (unpaired) electrons. The normalized spacial score (nSPS) is 28.0.